The SMILES string of the molecule is O=C(ON(c1ncns1)S(=O)(=O)c1ccc(NC2CCN(Cc3ccccc3)CC2)c(Cl)c1)C(F)(F)F. The number of hydrogen-bond acceptors (Lipinski definition) is 9. The Hall–Kier alpha value is -2.94. The van der Waals surface area contributed by atoms with E-state index in [9.17, 15) is 26.4 Å². The van der Waals surface area contributed by atoms with Crippen LogP contribution in [0.15, 0.2) is 59.8 Å². The fourth-order valence-corrected chi connectivity index (χ4v) is 5.93. The third-order valence-electron chi connectivity index (χ3n) is 5.56. The zero-order chi connectivity index (χ0) is 26.6. The van der Waals surface area contributed by atoms with Crippen molar-refractivity contribution in [1.29, 1.82) is 0 Å². The number of hydrogen-bond donors (Lipinski definition) is 1. The van der Waals surface area contributed by atoms with Crippen molar-refractivity contribution in [3.05, 3.63) is 65.4 Å². The molecule has 1 fully saturated rings. The van der Waals surface area contributed by atoms with Crippen LogP contribution in [0, 0.1) is 0 Å². The highest BCUT2D eigenvalue weighted by molar-refractivity contribution is 7.92. The Morgan fingerprint density at radius 1 is 1.19 bits per heavy atom. The predicted molar refractivity (Wildman–Crippen MR) is 132 cm³/mol. The number of carbonyl (C=O) groups excluding carboxylic acids is 1. The summed E-state index contributed by atoms with van der Waals surface area (Å²) in [4.78, 5) is 20.9. The molecule has 1 N–H and O–H groups in total. The zero-order valence-electron chi connectivity index (χ0n) is 19.1. The van der Waals surface area contributed by atoms with Crippen molar-refractivity contribution in [2.75, 3.05) is 22.9 Å². The Kier molecular flexibility index (Phi) is 8.21. The number of halogens is 4. The molecule has 15 heteroatoms. The van der Waals surface area contributed by atoms with Gasteiger partial charge in [-0.05, 0) is 36.6 Å². The van der Waals surface area contributed by atoms with E-state index >= 15 is 0 Å². The molecule has 37 heavy (non-hydrogen) atoms. The Morgan fingerprint density at radius 3 is 2.49 bits per heavy atom. The van der Waals surface area contributed by atoms with Gasteiger partial charge in [-0.15, -0.1) is 0 Å². The minimum absolute atomic E-state index is 0.0344. The maximum absolute atomic E-state index is 13.1. The Labute approximate surface area is 220 Å². The van der Waals surface area contributed by atoms with Crippen molar-refractivity contribution in [3.63, 3.8) is 0 Å². The molecular formula is C22H21ClF3N5O4S2. The first-order valence-electron chi connectivity index (χ1n) is 11.0. The number of alkyl halides is 3. The van der Waals surface area contributed by atoms with Crippen molar-refractivity contribution in [1.82, 2.24) is 14.3 Å². The minimum atomic E-state index is -5.43. The largest absolute Gasteiger partial charge is 0.493 e. The zero-order valence-corrected chi connectivity index (χ0v) is 21.4. The number of piperidine rings is 1. The molecular weight excluding hydrogens is 555 g/mol. The molecule has 9 nitrogen and oxygen atoms in total. The molecule has 1 aliphatic heterocycles. The Bertz CT molecular complexity index is 1320. The number of likely N-dealkylation sites (tertiary alicyclic amines) is 1. The van der Waals surface area contributed by atoms with Crippen LogP contribution in [0.3, 0.4) is 0 Å². The fourth-order valence-electron chi connectivity index (χ4n) is 3.73. The van der Waals surface area contributed by atoms with Crippen LogP contribution in [0.25, 0.3) is 0 Å². The molecule has 0 saturated carbocycles. The van der Waals surface area contributed by atoms with E-state index in [-0.39, 0.29) is 15.5 Å². The first-order chi connectivity index (χ1) is 17.5. The molecule has 0 aliphatic carbocycles. The molecule has 2 aromatic carbocycles. The molecule has 0 atom stereocenters. The van der Waals surface area contributed by atoms with Crippen LogP contribution < -0.4 is 9.79 Å². The number of sulfonamides is 1. The minimum Gasteiger partial charge on any atom is -0.381 e. The summed E-state index contributed by atoms with van der Waals surface area (Å²) >= 11 is 6.76. The lowest BCUT2D eigenvalue weighted by Gasteiger charge is -2.33. The molecule has 1 aromatic heterocycles. The summed E-state index contributed by atoms with van der Waals surface area (Å²) in [6, 6.07) is 13.9. The van der Waals surface area contributed by atoms with Gasteiger partial charge in [0.2, 0.25) is 0 Å². The average Bonchev–Trinajstić information content (AvgIpc) is 3.39. The first kappa shape index (κ1) is 27.1. The van der Waals surface area contributed by atoms with Crippen LogP contribution in [0.1, 0.15) is 18.4 Å². The third kappa shape index (κ3) is 6.69. The van der Waals surface area contributed by atoms with Crippen LogP contribution >= 0.6 is 23.1 Å². The van der Waals surface area contributed by atoms with E-state index in [1.165, 1.54) is 11.6 Å². The van der Waals surface area contributed by atoms with Gasteiger partial charge in [0.15, 0.2) is 0 Å². The molecule has 0 amide bonds. The molecule has 0 spiro atoms. The van der Waals surface area contributed by atoms with Crippen molar-refractivity contribution in [3.8, 4) is 0 Å². The summed E-state index contributed by atoms with van der Waals surface area (Å²) in [5, 5.41) is 2.75. The molecule has 198 valence electrons. The lowest BCUT2D eigenvalue weighted by Crippen LogP contribution is -2.39. The van der Waals surface area contributed by atoms with Gasteiger partial charge in [0, 0.05) is 37.2 Å². The smallest absolute Gasteiger partial charge is 0.381 e. The molecule has 0 unspecified atom stereocenters. The second-order valence-corrected chi connectivity index (χ2v) is 11.1. The van der Waals surface area contributed by atoms with E-state index in [0.717, 1.165) is 50.9 Å². The second-order valence-electron chi connectivity index (χ2n) is 8.15. The highest BCUT2D eigenvalue weighted by Crippen LogP contribution is 2.32. The van der Waals surface area contributed by atoms with Gasteiger partial charge in [0.05, 0.1) is 15.6 Å². The van der Waals surface area contributed by atoms with Crippen molar-refractivity contribution >= 4 is 49.9 Å². The van der Waals surface area contributed by atoms with E-state index in [0.29, 0.717) is 17.2 Å². The van der Waals surface area contributed by atoms with E-state index in [1.807, 2.05) is 18.2 Å². The van der Waals surface area contributed by atoms with E-state index in [2.05, 4.69) is 36.5 Å². The maximum atomic E-state index is 13.1. The van der Waals surface area contributed by atoms with E-state index < -0.39 is 32.2 Å². The van der Waals surface area contributed by atoms with Gasteiger partial charge in [0.1, 0.15) is 6.33 Å². The lowest BCUT2D eigenvalue weighted by atomic mass is 10.0. The summed E-state index contributed by atoms with van der Waals surface area (Å²) in [6.45, 7) is 2.57. The van der Waals surface area contributed by atoms with Crippen LogP contribution in [0.4, 0.5) is 24.0 Å². The van der Waals surface area contributed by atoms with Gasteiger partial charge >= 0.3 is 12.1 Å². The monoisotopic (exact) mass is 575 g/mol. The number of rotatable bonds is 8. The van der Waals surface area contributed by atoms with Crippen molar-refractivity contribution in [2.45, 2.75) is 36.5 Å². The third-order valence-corrected chi connectivity index (χ3v) is 8.15. The van der Waals surface area contributed by atoms with Gasteiger partial charge in [-0.1, -0.05) is 46.4 Å². The Balaban J connectivity index is 1.44. The highest BCUT2D eigenvalue weighted by atomic mass is 35.5. The number of aromatic nitrogens is 2. The van der Waals surface area contributed by atoms with Crippen molar-refractivity contribution < 1.29 is 31.2 Å². The molecule has 1 saturated heterocycles. The number of benzene rings is 2. The average molecular weight is 576 g/mol. The van der Waals surface area contributed by atoms with Gasteiger partial charge in [-0.3, -0.25) is 4.90 Å². The summed E-state index contributed by atoms with van der Waals surface area (Å²) in [5.74, 6) is -2.73. The summed E-state index contributed by atoms with van der Waals surface area (Å²) in [5.41, 5.74) is 1.70. The molecule has 0 radical (unpaired) electrons. The van der Waals surface area contributed by atoms with Gasteiger partial charge < -0.3 is 10.2 Å². The summed E-state index contributed by atoms with van der Waals surface area (Å²) < 4.78 is 67.7. The number of nitrogens with zero attached hydrogens (tertiary/aromatic N) is 4. The molecule has 4 rings (SSSR count). The van der Waals surface area contributed by atoms with Crippen LogP contribution in [0.5, 0.6) is 0 Å². The topological polar surface area (TPSA) is 105 Å². The van der Waals surface area contributed by atoms with E-state index in [1.54, 1.807) is 0 Å². The molecule has 3 aromatic rings. The number of nitrogens with one attached hydrogen (secondary N) is 1. The Morgan fingerprint density at radius 2 is 1.89 bits per heavy atom. The van der Waals surface area contributed by atoms with Gasteiger partial charge in [-0.2, -0.15) is 26.0 Å². The second kappa shape index (κ2) is 11.2. The number of carbonyl (C=O) groups is 1. The van der Waals surface area contributed by atoms with Crippen LogP contribution in [0.2, 0.25) is 5.02 Å². The normalized spacial score (nSPS) is 15.4. The van der Waals surface area contributed by atoms with E-state index in [4.69, 9.17) is 11.6 Å². The first-order valence-corrected chi connectivity index (χ1v) is 13.6. The summed E-state index contributed by atoms with van der Waals surface area (Å²) in [6.07, 6.45) is -2.85. The maximum Gasteiger partial charge on any atom is 0.493 e. The lowest BCUT2D eigenvalue weighted by molar-refractivity contribution is -0.199. The molecule has 0 bridgehead atoms. The highest BCUT2D eigenvalue weighted by Gasteiger charge is 2.45. The van der Waals surface area contributed by atoms with Gasteiger partial charge in [-0.25, -0.2) is 9.78 Å². The quantitative estimate of drug-likeness (QED) is 0.392. The predicted octanol–water partition coefficient (Wildman–Crippen LogP) is 4.48. The standard InChI is InChI=1S/C22H21ClF3N5O4S2/c23-18-12-17(37(33,34)31(21-27-14-28-36-21)35-20(32)22(24,25)26)6-7-19(18)29-16-8-10-30(11-9-16)13-15-4-2-1-3-5-15/h1-7,12,14,16,29H,8-11,13H2. The molecule has 1 aliphatic rings. The van der Waals surface area contributed by atoms with Crippen LogP contribution in [-0.4, -0.2) is 54.0 Å². The number of anilines is 2. The van der Waals surface area contributed by atoms with Crippen LogP contribution in [-0.2, 0) is 26.2 Å². The fraction of sp³-hybridized carbons (Fsp3) is 0.318. The van der Waals surface area contributed by atoms with Crippen molar-refractivity contribution in [2.24, 2.45) is 0 Å². The van der Waals surface area contributed by atoms with Gasteiger partial charge in [0.25, 0.3) is 15.2 Å². The summed E-state index contributed by atoms with van der Waals surface area (Å²) in [7, 11) is -4.81. The molecule has 2 heterocycles.